The van der Waals surface area contributed by atoms with Crippen LogP contribution < -0.4 is 5.32 Å². The number of carbonyl (C=O) groups excluding carboxylic acids is 1. The van der Waals surface area contributed by atoms with Crippen LogP contribution in [0.5, 0.6) is 0 Å². The van der Waals surface area contributed by atoms with Crippen molar-refractivity contribution in [2.75, 3.05) is 19.6 Å². The molecule has 1 spiro atoms. The van der Waals surface area contributed by atoms with Crippen LogP contribution in [0.25, 0.3) is 0 Å². The van der Waals surface area contributed by atoms with Crippen molar-refractivity contribution >= 4 is 21.8 Å². The molecule has 2 heterocycles. The van der Waals surface area contributed by atoms with Crippen molar-refractivity contribution in [1.82, 2.24) is 15.2 Å². The van der Waals surface area contributed by atoms with Gasteiger partial charge >= 0.3 is 0 Å². The second-order valence-corrected chi connectivity index (χ2v) is 6.73. The van der Waals surface area contributed by atoms with E-state index in [4.69, 9.17) is 0 Å². The molecule has 1 aromatic rings. The number of hydrogen-bond acceptors (Lipinski definition) is 3. The zero-order valence-electron chi connectivity index (χ0n) is 11.6. The number of rotatable bonds is 1. The van der Waals surface area contributed by atoms with E-state index in [0.717, 1.165) is 36.9 Å². The molecule has 0 aromatic carbocycles. The molecule has 1 aliphatic carbocycles. The summed E-state index contributed by atoms with van der Waals surface area (Å²) in [7, 11) is 0. The Kier molecular flexibility index (Phi) is 4.08. The highest BCUT2D eigenvalue weighted by atomic mass is 79.9. The van der Waals surface area contributed by atoms with E-state index in [0.29, 0.717) is 5.56 Å². The zero-order valence-corrected chi connectivity index (χ0v) is 13.2. The normalized spacial score (nSPS) is 21.9. The van der Waals surface area contributed by atoms with Crippen LogP contribution in [0.1, 0.15) is 42.5 Å². The second-order valence-electron chi connectivity index (χ2n) is 5.81. The fourth-order valence-electron chi connectivity index (χ4n) is 3.50. The van der Waals surface area contributed by atoms with Crippen molar-refractivity contribution in [2.45, 2.75) is 37.6 Å². The minimum absolute atomic E-state index is 0.0237. The lowest BCUT2D eigenvalue weighted by Gasteiger charge is -2.49. The first kappa shape index (κ1) is 14.0. The van der Waals surface area contributed by atoms with Gasteiger partial charge in [0.1, 0.15) is 0 Å². The summed E-state index contributed by atoms with van der Waals surface area (Å²) in [5, 5.41) is 3.47. The Morgan fingerprint density at radius 1 is 1.30 bits per heavy atom. The van der Waals surface area contributed by atoms with Crippen molar-refractivity contribution < 1.29 is 4.79 Å². The molecule has 1 saturated heterocycles. The summed E-state index contributed by atoms with van der Waals surface area (Å²) in [5.41, 5.74) is 0.710. The van der Waals surface area contributed by atoms with Gasteiger partial charge in [-0.05, 0) is 34.8 Å². The maximum Gasteiger partial charge on any atom is 0.256 e. The Bertz CT molecular complexity index is 491. The monoisotopic (exact) mass is 337 g/mol. The highest BCUT2D eigenvalue weighted by molar-refractivity contribution is 9.10. The van der Waals surface area contributed by atoms with Crippen LogP contribution in [0.2, 0.25) is 0 Å². The summed E-state index contributed by atoms with van der Waals surface area (Å²) >= 11 is 3.40. The van der Waals surface area contributed by atoms with Crippen molar-refractivity contribution in [2.24, 2.45) is 0 Å². The van der Waals surface area contributed by atoms with Gasteiger partial charge in [0.15, 0.2) is 0 Å². The van der Waals surface area contributed by atoms with Gasteiger partial charge in [0.2, 0.25) is 0 Å². The summed E-state index contributed by atoms with van der Waals surface area (Å²) in [4.78, 5) is 19.1. The lowest BCUT2D eigenvalue weighted by atomic mass is 9.78. The third kappa shape index (κ3) is 2.61. The van der Waals surface area contributed by atoms with Crippen LogP contribution in [0.15, 0.2) is 22.9 Å². The third-order valence-electron chi connectivity index (χ3n) is 4.52. The van der Waals surface area contributed by atoms with Crippen LogP contribution in [0, 0.1) is 0 Å². The first-order valence-corrected chi connectivity index (χ1v) is 8.14. The van der Waals surface area contributed by atoms with E-state index in [1.807, 2.05) is 6.07 Å². The number of amides is 1. The maximum atomic E-state index is 12.9. The number of pyridine rings is 1. The molecule has 0 atom stereocenters. The van der Waals surface area contributed by atoms with Crippen molar-refractivity contribution in [3.05, 3.63) is 28.5 Å². The predicted octanol–water partition coefficient (Wildman–Crippen LogP) is 2.59. The number of nitrogens with one attached hydrogen (secondary N) is 1. The molecule has 3 rings (SSSR count). The van der Waals surface area contributed by atoms with Gasteiger partial charge in [-0.3, -0.25) is 9.78 Å². The smallest absolute Gasteiger partial charge is 0.256 e. The molecule has 1 aromatic heterocycles. The zero-order chi connectivity index (χ0) is 14.0. The number of piperazine rings is 1. The number of carbonyl (C=O) groups is 1. The van der Waals surface area contributed by atoms with Gasteiger partial charge in [-0.15, -0.1) is 0 Å². The minimum Gasteiger partial charge on any atom is -0.330 e. The molecule has 4 nitrogen and oxygen atoms in total. The first-order valence-electron chi connectivity index (χ1n) is 7.35. The molecular formula is C15H20BrN3O. The molecule has 2 fully saturated rings. The Balaban J connectivity index is 1.87. The molecule has 1 amide bonds. The van der Waals surface area contributed by atoms with Gasteiger partial charge in [-0.1, -0.05) is 19.3 Å². The summed E-state index contributed by atoms with van der Waals surface area (Å²) in [6, 6.07) is 1.87. The largest absolute Gasteiger partial charge is 0.330 e. The van der Waals surface area contributed by atoms with E-state index in [-0.39, 0.29) is 11.4 Å². The molecular weight excluding hydrogens is 318 g/mol. The molecule has 5 heteroatoms. The Labute approximate surface area is 128 Å². The maximum absolute atomic E-state index is 12.9. The summed E-state index contributed by atoms with van der Waals surface area (Å²) in [5.74, 6) is 0.127. The highest BCUT2D eigenvalue weighted by Gasteiger charge is 2.42. The van der Waals surface area contributed by atoms with Crippen molar-refractivity contribution in [1.29, 1.82) is 0 Å². The molecule has 0 unspecified atom stereocenters. The molecule has 108 valence electrons. The third-order valence-corrected chi connectivity index (χ3v) is 4.95. The lowest BCUT2D eigenvalue weighted by molar-refractivity contribution is 0.0222. The molecule has 20 heavy (non-hydrogen) atoms. The minimum atomic E-state index is 0.0237. The molecule has 1 aliphatic heterocycles. The highest BCUT2D eigenvalue weighted by Crippen LogP contribution is 2.35. The molecule has 1 saturated carbocycles. The lowest BCUT2D eigenvalue weighted by Crippen LogP contribution is -2.63. The summed E-state index contributed by atoms with van der Waals surface area (Å²) in [6.45, 7) is 2.61. The molecule has 0 bridgehead atoms. The Morgan fingerprint density at radius 2 is 2.10 bits per heavy atom. The molecule has 0 radical (unpaired) electrons. The number of halogens is 1. The number of aromatic nitrogens is 1. The van der Waals surface area contributed by atoms with E-state index >= 15 is 0 Å². The van der Waals surface area contributed by atoms with Gasteiger partial charge in [0, 0.05) is 36.5 Å². The van der Waals surface area contributed by atoms with Gasteiger partial charge in [-0.2, -0.15) is 0 Å². The van der Waals surface area contributed by atoms with Crippen LogP contribution in [-0.4, -0.2) is 41.0 Å². The van der Waals surface area contributed by atoms with E-state index in [1.54, 1.807) is 12.4 Å². The fraction of sp³-hybridized carbons (Fsp3) is 0.600. The Morgan fingerprint density at radius 3 is 2.85 bits per heavy atom. The SMILES string of the molecule is O=C(c1cncc(Br)c1)N1CCNCC12CCCCC2. The van der Waals surface area contributed by atoms with Crippen LogP contribution in [0.4, 0.5) is 0 Å². The van der Waals surface area contributed by atoms with Gasteiger partial charge in [0.25, 0.3) is 5.91 Å². The first-order chi connectivity index (χ1) is 9.71. The quantitative estimate of drug-likeness (QED) is 0.856. The Hall–Kier alpha value is -0.940. The van der Waals surface area contributed by atoms with Crippen LogP contribution in [0.3, 0.4) is 0 Å². The van der Waals surface area contributed by atoms with Gasteiger partial charge in [-0.25, -0.2) is 0 Å². The average Bonchev–Trinajstić information content (AvgIpc) is 2.48. The van der Waals surface area contributed by atoms with E-state index in [1.165, 1.54) is 19.3 Å². The van der Waals surface area contributed by atoms with Gasteiger partial charge < -0.3 is 10.2 Å². The molecule has 1 N–H and O–H groups in total. The average molecular weight is 338 g/mol. The number of nitrogens with zero attached hydrogens (tertiary/aromatic N) is 2. The fourth-order valence-corrected chi connectivity index (χ4v) is 3.87. The predicted molar refractivity (Wildman–Crippen MR) is 81.7 cm³/mol. The van der Waals surface area contributed by atoms with Crippen molar-refractivity contribution in [3.8, 4) is 0 Å². The van der Waals surface area contributed by atoms with E-state index in [9.17, 15) is 4.79 Å². The number of hydrogen-bond donors (Lipinski definition) is 1. The van der Waals surface area contributed by atoms with Crippen molar-refractivity contribution in [3.63, 3.8) is 0 Å². The topological polar surface area (TPSA) is 45.2 Å². The van der Waals surface area contributed by atoms with E-state index < -0.39 is 0 Å². The van der Waals surface area contributed by atoms with Crippen LogP contribution >= 0.6 is 15.9 Å². The van der Waals surface area contributed by atoms with Gasteiger partial charge in [0.05, 0.1) is 11.1 Å². The standard InChI is InChI=1S/C15H20BrN3O/c16-13-8-12(9-18-10-13)14(20)19-7-6-17-11-15(19)4-2-1-3-5-15/h8-10,17H,1-7,11H2. The summed E-state index contributed by atoms with van der Waals surface area (Å²) < 4.78 is 0.858. The second kappa shape index (κ2) is 5.82. The van der Waals surface area contributed by atoms with E-state index in [2.05, 4.69) is 31.1 Å². The molecule has 2 aliphatic rings. The van der Waals surface area contributed by atoms with Crippen LogP contribution in [-0.2, 0) is 0 Å². The summed E-state index contributed by atoms with van der Waals surface area (Å²) in [6.07, 6.45) is 9.36.